The Kier molecular flexibility index (Phi) is 0.987. The summed E-state index contributed by atoms with van der Waals surface area (Å²) >= 11 is 0. The number of hydrogen-bond acceptors (Lipinski definition) is 1. The molecule has 0 fully saturated rings. The zero-order chi connectivity index (χ0) is 7.97. The molecule has 0 atom stereocenters. The Morgan fingerprint density at radius 1 is 1.33 bits per heavy atom. The van der Waals surface area contributed by atoms with Gasteiger partial charge in [0.1, 0.15) is 5.65 Å². The van der Waals surface area contributed by atoms with E-state index in [9.17, 15) is 0 Å². The van der Waals surface area contributed by atoms with Gasteiger partial charge in [0.05, 0.1) is 11.4 Å². The summed E-state index contributed by atoms with van der Waals surface area (Å²) in [6.45, 7) is 0. The molecule has 0 bridgehead atoms. The molecule has 0 saturated heterocycles. The molecule has 0 spiro atoms. The van der Waals surface area contributed by atoms with Gasteiger partial charge in [-0.25, -0.2) is 4.98 Å². The van der Waals surface area contributed by atoms with Crippen molar-refractivity contribution >= 4 is 11.7 Å². The van der Waals surface area contributed by atoms with E-state index in [4.69, 9.17) is 0 Å². The van der Waals surface area contributed by atoms with E-state index in [0.717, 1.165) is 17.8 Å². The van der Waals surface area contributed by atoms with Gasteiger partial charge in [-0.1, -0.05) is 12.1 Å². The summed E-state index contributed by atoms with van der Waals surface area (Å²) in [6.07, 6.45) is 7.31. The maximum absolute atomic E-state index is 4.47. The van der Waals surface area contributed by atoms with Crippen LogP contribution in [0, 0.1) is 0 Å². The van der Waals surface area contributed by atoms with Crippen molar-refractivity contribution in [1.29, 1.82) is 0 Å². The monoisotopic (exact) mass is 156 g/mol. The van der Waals surface area contributed by atoms with Gasteiger partial charge in [0.2, 0.25) is 0 Å². The Bertz CT molecular complexity index is 466. The normalized spacial score (nSPS) is 14.0. The van der Waals surface area contributed by atoms with Gasteiger partial charge in [-0.15, -0.1) is 0 Å². The smallest absolute Gasteiger partial charge is 0.137 e. The third kappa shape index (κ3) is 0.619. The topological polar surface area (TPSA) is 17.3 Å². The Morgan fingerprint density at radius 2 is 2.33 bits per heavy atom. The average molecular weight is 156 g/mol. The Labute approximate surface area is 70.2 Å². The molecule has 0 N–H and O–H groups in total. The molecule has 2 heterocycles. The first-order chi connectivity index (χ1) is 5.95. The molecule has 0 saturated carbocycles. The second kappa shape index (κ2) is 1.97. The van der Waals surface area contributed by atoms with Gasteiger partial charge in [0, 0.05) is 12.6 Å². The molecule has 2 aromatic heterocycles. The number of nitrogens with zero attached hydrogens (tertiary/aromatic N) is 2. The van der Waals surface area contributed by atoms with Crippen molar-refractivity contribution in [2.24, 2.45) is 0 Å². The predicted octanol–water partition coefficient (Wildman–Crippen LogP) is 1.90. The maximum atomic E-state index is 4.47. The van der Waals surface area contributed by atoms with Crippen molar-refractivity contribution in [3.8, 4) is 0 Å². The molecule has 1 aliphatic carbocycles. The molecule has 0 unspecified atom stereocenters. The minimum absolute atomic E-state index is 1.01. The largest absolute Gasteiger partial charge is 0.303 e. The van der Waals surface area contributed by atoms with E-state index in [-0.39, 0.29) is 0 Å². The molecule has 58 valence electrons. The molecule has 0 aliphatic heterocycles. The quantitative estimate of drug-likeness (QED) is 0.569. The van der Waals surface area contributed by atoms with E-state index in [1.165, 1.54) is 5.69 Å². The van der Waals surface area contributed by atoms with Crippen molar-refractivity contribution in [2.45, 2.75) is 6.42 Å². The van der Waals surface area contributed by atoms with Crippen LogP contribution in [0.3, 0.4) is 0 Å². The molecular weight excluding hydrogens is 148 g/mol. The highest BCUT2D eigenvalue weighted by atomic mass is 15.0. The third-order valence-electron chi connectivity index (χ3n) is 2.25. The predicted molar refractivity (Wildman–Crippen MR) is 47.9 cm³/mol. The van der Waals surface area contributed by atoms with Crippen LogP contribution < -0.4 is 0 Å². The van der Waals surface area contributed by atoms with Gasteiger partial charge >= 0.3 is 0 Å². The number of aromatic nitrogens is 2. The number of imidazole rings is 1. The molecule has 2 aromatic rings. The van der Waals surface area contributed by atoms with Crippen LogP contribution in [0.1, 0.15) is 11.4 Å². The van der Waals surface area contributed by atoms with Gasteiger partial charge in [0.15, 0.2) is 0 Å². The van der Waals surface area contributed by atoms with Crippen molar-refractivity contribution in [3.63, 3.8) is 0 Å². The van der Waals surface area contributed by atoms with Gasteiger partial charge in [-0.3, -0.25) is 0 Å². The molecule has 1 aliphatic rings. The Hall–Kier alpha value is -1.57. The summed E-state index contributed by atoms with van der Waals surface area (Å²) in [5.74, 6) is 0. The molecule has 0 amide bonds. The van der Waals surface area contributed by atoms with Crippen LogP contribution in [0.5, 0.6) is 0 Å². The maximum Gasteiger partial charge on any atom is 0.137 e. The Morgan fingerprint density at radius 3 is 3.33 bits per heavy atom. The van der Waals surface area contributed by atoms with E-state index in [1.54, 1.807) is 0 Å². The second-order valence-corrected chi connectivity index (χ2v) is 2.98. The number of fused-ring (bicyclic) bond motifs is 3. The van der Waals surface area contributed by atoms with E-state index in [0.29, 0.717) is 0 Å². The number of allylic oxidation sites excluding steroid dienone is 1. The minimum Gasteiger partial charge on any atom is -0.303 e. The van der Waals surface area contributed by atoms with E-state index in [1.807, 2.05) is 18.2 Å². The highest BCUT2D eigenvalue weighted by Gasteiger charge is 2.11. The first-order valence-electron chi connectivity index (χ1n) is 4.08. The van der Waals surface area contributed by atoms with Crippen LogP contribution in [0.15, 0.2) is 30.5 Å². The second-order valence-electron chi connectivity index (χ2n) is 2.98. The van der Waals surface area contributed by atoms with Crippen LogP contribution >= 0.6 is 0 Å². The molecule has 2 heteroatoms. The third-order valence-corrected chi connectivity index (χ3v) is 2.25. The van der Waals surface area contributed by atoms with Crippen LogP contribution in [-0.2, 0) is 6.42 Å². The van der Waals surface area contributed by atoms with E-state index >= 15 is 0 Å². The number of hydrogen-bond donors (Lipinski definition) is 0. The highest BCUT2D eigenvalue weighted by molar-refractivity contribution is 5.60. The summed E-state index contributed by atoms with van der Waals surface area (Å²) in [5, 5.41) is 0. The van der Waals surface area contributed by atoms with Crippen LogP contribution in [-0.4, -0.2) is 9.38 Å². The number of pyridine rings is 1. The van der Waals surface area contributed by atoms with Crippen LogP contribution in [0.2, 0.25) is 0 Å². The standard InChI is InChI=1S/C10H8N2/c1-2-7-12-9-5-3-4-8(9)11-10(12)6-1/h1-4,6-7H,5H2. The highest BCUT2D eigenvalue weighted by Crippen LogP contribution is 2.19. The van der Waals surface area contributed by atoms with Gasteiger partial charge in [-0.2, -0.15) is 0 Å². The lowest BCUT2D eigenvalue weighted by molar-refractivity contribution is 1.06. The summed E-state index contributed by atoms with van der Waals surface area (Å²) in [7, 11) is 0. The fourth-order valence-electron chi connectivity index (χ4n) is 1.68. The van der Waals surface area contributed by atoms with Crippen LogP contribution in [0.4, 0.5) is 0 Å². The summed E-state index contributed by atoms with van der Waals surface area (Å²) in [4.78, 5) is 4.47. The Balaban J connectivity index is 2.49. The first-order valence-corrected chi connectivity index (χ1v) is 4.08. The van der Waals surface area contributed by atoms with Crippen molar-refractivity contribution < 1.29 is 0 Å². The van der Waals surface area contributed by atoms with Crippen molar-refractivity contribution in [2.75, 3.05) is 0 Å². The molecule has 12 heavy (non-hydrogen) atoms. The van der Waals surface area contributed by atoms with Gasteiger partial charge in [-0.05, 0) is 18.2 Å². The molecule has 3 rings (SSSR count). The summed E-state index contributed by atoms with van der Waals surface area (Å²) < 4.78 is 2.15. The molecule has 2 nitrogen and oxygen atoms in total. The lowest BCUT2D eigenvalue weighted by Crippen LogP contribution is -1.88. The van der Waals surface area contributed by atoms with Gasteiger partial charge < -0.3 is 4.40 Å². The zero-order valence-corrected chi connectivity index (χ0v) is 6.57. The fraction of sp³-hybridized carbons (Fsp3) is 0.100. The van der Waals surface area contributed by atoms with E-state index < -0.39 is 0 Å². The molecule has 0 radical (unpaired) electrons. The fourth-order valence-corrected chi connectivity index (χ4v) is 1.68. The zero-order valence-electron chi connectivity index (χ0n) is 6.57. The lowest BCUT2D eigenvalue weighted by atomic mass is 10.3. The minimum atomic E-state index is 1.01. The summed E-state index contributed by atoms with van der Waals surface area (Å²) in [5.41, 5.74) is 3.48. The SMILES string of the molecule is C1=Cc2nc3ccccn3c2C1. The van der Waals surface area contributed by atoms with Crippen molar-refractivity contribution in [3.05, 3.63) is 41.9 Å². The van der Waals surface area contributed by atoms with Crippen LogP contribution in [0.25, 0.3) is 11.7 Å². The molecular formula is C10H8N2. The van der Waals surface area contributed by atoms with Gasteiger partial charge in [0.25, 0.3) is 0 Å². The average Bonchev–Trinajstić information content (AvgIpc) is 2.62. The number of rotatable bonds is 0. The lowest BCUT2D eigenvalue weighted by Gasteiger charge is -1.94. The summed E-state index contributed by atoms with van der Waals surface area (Å²) in [6, 6.07) is 6.08. The molecule has 0 aromatic carbocycles. The van der Waals surface area contributed by atoms with E-state index in [2.05, 4.69) is 27.7 Å². The van der Waals surface area contributed by atoms with Crippen molar-refractivity contribution in [1.82, 2.24) is 9.38 Å². The first kappa shape index (κ1) is 6.00.